The lowest BCUT2D eigenvalue weighted by Gasteiger charge is -2.31. The van der Waals surface area contributed by atoms with Crippen molar-refractivity contribution in [2.24, 2.45) is 0 Å². The second kappa shape index (κ2) is 23.6. The van der Waals surface area contributed by atoms with Gasteiger partial charge in [0, 0.05) is 68.5 Å². The summed E-state index contributed by atoms with van der Waals surface area (Å²) in [5.74, 6) is 0. The monoisotopic (exact) mass is 1010 g/mol. The van der Waals surface area contributed by atoms with Crippen molar-refractivity contribution in [3.8, 4) is 0 Å². The lowest BCUT2D eigenvalue weighted by molar-refractivity contribution is 0.975. The van der Waals surface area contributed by atoms with Gasteiger partial charge in [0.2, 0.25) is 0 Å². The molecule has 0 aromatic heterocycles. The minimum atomic E-state index is 0.739. The second-order valence-corrected chi connectivity index (χ2v) is 19.4. The van der Waals surface area contributed by atoms with Crippen LogP contribution in [0.15, 0.2) is 315 Å². The van der Waals surface area contributed by atoms with Crippen LogP contribution in [0.5, 0.6) is 0 Å². The molecule has 0 heterocycles. The van der Waals surface area contributed by atoms with Gasteiger partial charge in [-0.3, -0.25) is 0 Å². The Morgan fingerprint density at radius 3 is 0.848 bits per heavy atom. The third-order valence-electron chi connectivity index (χ3n) is 14.3. The molecule has 12 aromatic carbocycles. The molecule has 0 radical (unpaired) electrons. The van der Waals surface area contributed by atoms with E-state index in [0.717, 1.165) is 96.6 Å². The van der Waals surface area contributed by atoms with Crippen LogP contribution in [0.1, 0.15) is 27.8 Å². The van der Waals surface area contributed by atoms with Crippen molar-refractivity contribution in [3.63, 3.8) is 0 Å². The Bertz CT molecular complexity index is 3890. The number of fused-ring (bicyclic) bond motifs is 1. The predicted octanol–water partition coefficient (Wildman–Crippen LogP) is 20.9. The van der Waals surface area contributed by atoms with Gasteiger partial charge in [-0.25, -0.2) is 0 Å². The third kappa shape index (κ3) is 11.4. The fourth-order valence-corrected chi connectivity index (χ4v) is 10.3. The van der Waals surface area contributed by atoms with Gasteiger partial charge in [0.25, 0.3) is 0 Å². The number of nitrogens with zero attached hydrogens (tertiary/aromatic N) is 4. The lowest BCUT2D eigenvalue weighted by Crippen LogP contribution is -2.17. The number of rotatable bonds is 17. The van der Waals surface area contributed by atoms with Crippen molar-refractivity contribution in [2.45, 2.75) is 6.54 Å². The van der Waals surface area contributed by atoms with Crippen molar-refractivity contribution in [3.05, 3.63) is 343 Å². The van der Waals surface area contributed by atoms with Gasteiger partial charge in [-0.15, -0.1) is 0 Å². The number of anilines is 11. The van der Waals surface area contributed by atoms with E-state index in [-0.39, 0.29) is 0 Å². The number of benzene rings is 12. The third-order valence-corrected chi connectivity index (χ3v) is 14.3. The molecule has 378 valence electrons. The van der Waals surface area contributed by atoms with E-state index in [1.54, 1.807) is 0 Å². The van der Waals surface area contributed by atoms with Crippen LogP contribution >= 0.6 is 0 Å². The van der Waals surface area contributed by atoms with Crippen molar-refractivity contribution in [1.82, 2.24) is 0 Å². The van der Waals surface area contributed by atoms with Crippen LogP contribution in [0.3, 0.4) is 0 Å². The van der Waals surface area contributed by atoms with Crippen LogP contribution in [0.4, 0.5) is 62.6 Å². The van der Waals surface area contributed by atoms with Crippen LogP contribution in [0.2, 0.25) is 0 Å². The first-order valence-corrected chi connectivity index (χ1v) is 26.9. The first-order chi connectivity index (χ1) is 39.2. The molecule has 4 heteroatoms. The van der Waals surface area contributed by atoms with E-state index in [1.807, 2.05) is 0 Å². The van der Waals surface area contributed by atoms with Crippen molar-refractivity contribution < 1.29 is 0 Å². The molecular formula is C75H58N4. The van der Waals surface area contributed by atoms with Crippen LogP contribution < -0.4 is 19.6 Å². The molecule has 0 aliphatic carbocycles. The predicted molar refractivity (Wildman–Crippen MR) is 337 cm³/mol. The van der Waals surface area contributed by atoms with Gasteiger partial charge in [-0.1, -0.05) is 218 Å². The fourth-order valence-electron chi connectivity index (χ4n) is 10.3. The van der Waals surface area contributed by atoms with E-state index in [4.69, 9.17) is 0 Å². The quantitative estimate of drug-likeness (QED) is 0.0843. The second-order valence-electron chi connectivity index (χ2n) is 19.4. The van der Waals surface area contributed by atoms with Crippen molar-refractivity contribution in [1.29, 1.82) is 0 Å². The highest BCUT2D eigenvalue weighted by atomic mass is 15.2. The Morgan fingerprint density at radius 1 is 0.203 bits per heavy atom. The standard InChI is InChI=1S/C75H58N4/c1-7-21-58(22-8-1)37-39-60-41-45-68(46-42-60)78(70-51-49-64(50-52-70)76(63-27-13-4-14-28-63)57-62-25-11-3-12-26-62)74-35-19-34-73-72(74)33-20-36-75(73)79(69-47-43-61(44-48-69)40-38-59-23-9-2-10-24-59)71-55-53-67(54-56-71)77(65-29-15-5-16-30-65)66-31-17-6-18-32-66/h1-56H,57H2/b39-37-,40-38-. The van der Waals surface area contributed by atoms with E-state index in [1.165, 1.54) is 11.1 Å². The maximum Gasteiger partial charge on any atom is 0.0540 e. The number of hydrogen-bond donors (Lipinski definition) is 0. The average molecular weight is 1020 g/mol. The molecule has 0 fully saturated rings. The summed E-state index contributed by atoms with van der Waals surface area (Å²) in [5, 5.41) is 2.24. The van der Waals surface area contributed by atoms with Gasteiger partial charge in [0.1, 0.15) is 0 Å². The highest BCUT2D eigenvalue weighted by molar-refractivity contribution is 6.07. The summed E-state index contributed by atoms with van der Waals surface area (Å²) >= 11 is 0. The first kappa shape index (κ1) is 49.5. The molecule has 0 atom stereocenters. The zero-order chi connectivity index (χ0) is 53.0. The van der Waals surface area contributed by atoms with Gasteiger partial charge < -0.3 is 19.6 Å². The summed E-state index contributed by atoms with van der Waals surface area (Å²) < 4.78 is 0. The molecule has 0 bridgehead atoms. The molecule has 0 spiro atoms. The zero-order valence-corrected chi connectivity index (χ0v) is 43.8. The molecule has 4 nitrogen and oxygen atoms in total. The fraction of sp³-hybridized carbons (Fsp3) is 0.0133. The molecule has 0 aliphatic rings. The largest absolute Gasteiger partial charge is 0.337 e. The summed E-state index contributed by atoms with van der Waals surface area (Å²) in [6.45, 7) is 0.739. The highest BCUT2D eigenvalue weighted by Crippen LogP contribution is 2.46. The van der Waals surface area contributed by atoms with Gasteiger partial charge in [0.15, 0.2) is 0 Å². The maximum atomic E-state index is 2.40. The topological polar surface area (TPSA) is 13.0 Å². The van der Waals surface area contributed by atoms with Gasteiger partial charge >= 0.3 is 0 Å². The Labute approximate surface area is 464 Å². The van der Waals surface area contributed by atoms with E-state index >= 15 is 0 Å². The van der Waals surface area contributed by atoms with Gasteiger partial charge in [-0.2, -0.15) is 0 Å². The molecule has 0 N–H and O–H groups in total. The van der Waals surface area contributed by atoms with Gasteiger partial charge in [-0.05, 0) is 149 Å². The number of hydrogen-bond acceptors (Lipinski definition) is 4. The summed E-state index contributed by atoms with van der Waals surface area (Å²) in [6.07, 6.45) is 8.70. The lowest BCUT2D eigenvalue weighted by atomic mass is 10.0. The van der Waals surface area contributed by atoms with Gasteiger partial charge in [0.05, 0.1) is 11.4 Å². The van der Waals surface area contributed by atoms with Crippen LogP contribution in [0, 0.1) is 0 Å². The normalized spacial score (nSPS) is 11.2. The van der Waals surface area contributed by atoms with Crippen LogP contribution in [-0.2, 0) is 6.54 Å². The summed E-state index contributed by atoms with van der Waals surface area (Å²) in [5.41, 5.74) is 17.7. The molecule has 0 saturated heterocycles. The molecule has 12 aromatic rings. The Kier molecular flexibility index (Phi) is 14.8. The summed E-state index contributed by atoms with van der Waals surface area (Å²) in [7, 11) is 0. The minimum absolute atomic E-state index is 0.739. The van der Waals surface area contributed by atoms with Crippen molar-refractivity contribution >= 4 is 97.6 Å². The van der Waals surface area contributed by atoms with E-state index in [0.29, 0.717) is 0 Å². The highest BCUT2D eigenvalue weighted by Gasteiger charge is 2.22. The Balaban J connectivity index is 0.972. The molecule has 79 heavy (non-hydrogen) atoms. The molecule has 12 rings (SSSR count). The van der Waals surface area contributed by atoms with E-state index in [9.17, 15) is 0 Å². The molecular weight excluding hydrogens is 957 g/mol. The smallest absolute Gasteiger partial charge is 0.0540 e. The number of para-hydroxylation sites is 3. The van der Waals surface area contributed by atoms with E-state index in [2.05, 4.69) is 359 Å². The minimum Gasteiger partial charge on any atom is -0.337 e. The average Bonchev–Trinajstić information content (AvgIpc) is 3.59. The zero-order valence-electron chi connectivity index (χ0n) is 43.8. The van der Waals surface area contributed by atoms with Crippen molar-refractivity contribution in [2.75, 3.05) is 19.6 Å². The molecule has 0 amide bonds. The SMILES string of the molecule is C(=C/c1ccc(N(c2ccc(N(Cc3ccccc3)c3ccccc3)cc2)c2cccc3c(N(c4ccc(/C=C\c5ccccc5)cc4)c4ccc(N(c5ccccc5)c5ccccc5)cc4)cccc23)cc1)/c1ccccc1. The van der Waals surface area contributed by atoms with Crippen LogP contribution in [0.25, 0.3) is 35.1 Å². The van der Waals surface area contributed by atoms with E-state index < -0.39 is 0 Å². The molecule has 0 saturated carbocycles. The first-order valence-electron chi connectivity index (χ1n) is 26.9. The summed E-state index contributed by atoms with van der Waals surface area (Å²) in [4.78, 5) is 9.49. The Morgan fingerprint density at radius 2 is 0.468 bits per heavy atom. The molecule has 0 unspecified atom stereocenters. The Hall–Kier alpha value is -10.4. The van der Waals surface area contributed by atoms with Crippen LogP contribution in [-0.4, -0.2) is 0 Å². The molecule has 0 aliphatic heterocycles. The maximum absolute atomic E-state index is 2.40. The summed E-state index contributed by atoms with van der Waals surface area (Å²) in [6, 6.07) is 113.